The van der Waals surface area contributed by atoms with Crippen LogP contribution in [-0.4, -0.2) is 36.5 Å². The van der Waals surface area contributed by atoms with Crippen LogP contribution in [0.25, 0.3) is 0 Å². The van der Waals surface area contributed by atoms with Gasteiger partial charge in [-0.15, -0.1) is 0 Å². The molecule has 2 aromatic rings. The molecule has 1 aliphatic rings. The summed E-state index contributed by atoms with van der Waals surface area (Å²) in [6, 6.07) is 12.0. The summed E-state index contributed by atoms with van der Waals surface area (Å²) in [4.78, 5) is 27.8. The molecule has 0 saturated carbocycles. The normalized spacial score (nSPS) is 14.1. The predicted molar refractivity (Wildman–Crippen MR) is 95.3 cm³/mol. The van der Waals surface area contributed by atoms with Gasteiger partial charge in [0.2, 0.25) is 5.91 Å². The zero-order chi connectivity index (χ0) is 18.0. The lowest BCUT2D eigenvalue weighted by Crippen LogP contribution is -2.37. The van der Waals surface area contributed by atoms with E-state index in [1.165, 1.54) is 11.0 Å². The monoisotopic (exact) mass is 341 g/mol. The van der Waals surface area contributed by atoms with Crippen molar-refractivity contribution >= 4 is 23.3 Å². The molecule has 25 heavy (non-hydrogen) atoms. The number of amides is 3. The highest BCUT2D eigenvalue weighted by Crippen LogP contribution is 2.21. The minimum absolute atomic E-state index is 0.0588. The van der Waals surface area contributed by atoms with Crippen molar-refractivity contribution in [3.8, 4) is 0 Å². The number of halogens is 1. The summed E-state index contributed by atoms with van der Waals surface area (Å²) < 4.78 is 13.5. The topological polar surface area (TPSA) is 52.6 Å². The van der Waals surface area contributed by atoms with Crippen LogP contribution in [-0.2, 0) is 4.79 Å². The van der Waals surface area contributed by atoms with Gasteiger partial charge in [-0.3, -0.25) is 9.69 Å². The van der Waals surface area contributed by atoms with Crippen LogP contribution in [0.1, 0.15) is 11.1 Å². The van der Waals surface area contributed by atoms with Crippen molar-refractivity contribution in [2.24, 2.45) is 0 Å². The highest BCUT2D eigenvalue weighted by atomic mass is 19.1. The summed E-state index contributed by atoms with van der Waals surface area (Å²) in [6.07, 6.45) is 0. The van der Waals surface area contributed by atoms with Gasteiger partial charge in [-0.1, -0.05) is 23.8 Å². The summed E-state index contributed by atoms with van der Waals surface area (Å²) in [5, 5.41) is 2.63. The van der Waals surface area contributed by atoms with Crippen LogP contribution in [0, 0.1) is 19.7 Å². The molecule has 0 radical (unpaired) electrons. The predicted octanol–water partition coefficient (Wildman–Crippen LogP) is 3.32. The van der Waals surface area contributed by atoms with Crippen LogP contribution >= 0.6 is 0 Å². The zero-order valence-electron chi connectivity index (χ0n) is 14.3. The average molecular weight is 341 g/mol. The number of benzene rings is 2. The Labute approximate surface area is 146 Å². The standard InChI is InChI=1S/C19H20FN3O2/c1-13-3-7-16(8-4-13)23-10-9-22(19(23)25)12-18(24)21-15-6-5-14(2)17(20)11-15/h3-8,11H,9-10,12H2,1-2H3,(H,21,24). The molecule has 6 heteroatoms. The quantitative estimate of drug-likeness (QED) is 0.927. The molecule has 3 rings (SSSR count). The first-order valence-corrected chi connectivity index (χ1v) is 8.13. The third kappa shape index (κ3) is 3.79. The Hall–Kier alpha value is -2.89. The summed E-state index contributed by atoms with van der Waals surface area (Å²) in [5.41, 5.74) is 2.84. The molecule has 1 fully saturated rings. The van der Waals surface area contributed by atoms with Gasteiger partial charge in [0.25, 0.3) is 0 Å². The molecule has 1 saturated heterocycles. The Kier molecular flexibility index (Phi) is 4.70. The lowest BCUT2D eigenvalue weighted by molar-refractivity contribution is -0.116. The van der Waals surface area contributed by atoms with Gasteiger partial charge < -0.3 is 10.2 Å². The van der Waals surface area contributed by atoms with Gasteiger partial charge in [0, 0.05) is 24.5 Å². The molecular weight excluding hydrogens is 321 g/mol. The second kappa shape index (κ2) is 6.93. The van der Waals surface area contributed by atoms with Crippen LogP contribution in [0.15, 0.2) is 42.5 Å². The Bertz CT molecular complexity index is 805. The summed E-state index contributed by atoms with van der Waals surface area (Å²) in [6.45, 7) is 4.59. The van der Waals surface area contributed by atoms with E-state index in [0.29, 0.717) is 24.3 Å². The third-order valence-electron chi connectivity index (χ3n) is 4.23. The van der Waals surface area contributed by atoms with Crippen LogP contribution in [0.5, 0.6) is 0 Å². The fraction of sp³-hybridized carbons (Fsp3) is 0.263. The van der Waals surface area contributed by atoms with Gasteiger partial charge in [0.1, 0.15) is 12.4 Å². The molecule has 3 amide bonds. The van der Waals surface area contributed by atoms with Gasteiger partial charge in [-0.2, -0.15) is 0 Å². The molecule has 130 valence electrons. The summed E-state index contributed by atoms with van der Waals surface area (Å²) in [7, 11) is 0. The van der Waals surface area contributed by atoms with Crippen molar-refractivity contribution < 1.29 is 14.0 Å². The van der Waals surface area contributed by atoms with E-state index in [2.05, 4.69) is 5.32 Å². The highest BCUT2D eigenvalue weighted by molar-refractivity contribution is 5.99. The summed E-state index contributed by atoms with van der Waals surface area (Å²) >= 11 is 0. The number of carbonyl (C=O) groups is 2. The number of nitrogens with zero attached hydrogens (tertiary/aromatic N) is 2. The molecule has 1 heterocycles. The van der Waals surface area contributed by atoms with E-state index in [0.717, 1.165) is 11.3 Å². The fourth-order valence-corrected chi connectivity index (χ4v) is 2.74. The molecule has 5 nitrogen and oxygen atoms in total. The molecule has 0 atom stereocenters. The number of urea groups is 1. The molecule has 0 aliphatic carbocycles. The number of anilines is 2. The first kappa shape index (κ1) is 17.0. The minimum Gasteiger partial charge on any atom is -0.324 e. The molecule has 2 aromatic carbocycles. The van der Waals surface area contributed by atoms with Crippen LogP contribution in [0.4, 0.5) is 20.6 Å². The number of rotatable bonds is 4. The molecule has 1 N–H and O–H groups in total. The maximum atomic E-state index is 13.5. The van der Waals surface area contributed by atoms with Crippen molar-refractivity contribution in [1.29, 1.82) is 0 Å². The molecule has 1 aliphatic heterocycles. The summed E-state index contributed by atoms with van der Waals surface area (Å²) in [5.74, 6) is -0.719. The lowest BCUT2D eigenvalue weighted by atomic mass is 10.2. The maximum Gasteiger partial charge on any atom is 0.325 e. The van der Waals surface area contributed by atoms with Gasteiger partial charge in [-0.05, 0) is 43.7 Å². The molecule has 0 aromatic heterocycles. The van der Waals surface area contributed by atoms with Crippen molar-refractivity contribution in [1.82, 2.24) is 4.90 Å². The van der Waals surface area contributed by atoms with E-state index in [4.69, 9.17) is 0 Å². The Balaban J connectivity index is 1.61. The van der Waals surface area contributed by atoms with Crippen LogP contribution in [0.3, 0.4) is 0 Å². The number of hydrogen-bond acceptors (Lipinski definition) is 2. The Morgan fingerprint density at radius 2 is 1.84 bits per heavy atom. The first-order chi connectivity index (χ1) is 11.9. The molecular formula is C19H20FN3O2. The van der Waals surface area contributed by atoms with Crippen LogP contribution < -0.4 is 10.2 Å². The largest absolute Gasteiger partial charge is 0.325 e. The average Bonchev–Trinajstić information content (AvgIpc) is 2.93. The van der Waals surface area contributed by atoms with Crippen LogP contribution in [0.2, 0.25) is 0 Å². The lowest BCUT2D eigenvalue weighted by Gasteiger charge is -2.18. The van der Waals surface area contributed by atoms with E-state index < -0.39 is 0 Å². The SMILES string of the molecule is Cc1ccc(N2CCN(CC(=O)Nc3ccc(C)c(F)c3)C2=O)cc1. The second-order valence-electron chi connectivity index (χ2n) is 6.20. The number of nitrogens with one attached hydrogen (secondary N) is 1. The highest BCUT2D eigenvalue weighted by Gasteiger charge is 2.30. The van der Waals surface area contributed by atoms with Crippen molar-refractivity contribution in [2.75, 3.05) is 29.9 Å². The van der Waals surface area contributed by atoms with Gasteiger partial charge >= 0.3 is 6.03 Å². The maximum absolute atomic E-state index is 13.5. The zero-order valence-corrected chi connectivity index (χ0v) is 14.3. The number of hydrogen-bond donors (Lipinski definition) is 1. The molecule has 0 spiro atoms. The minimum atomic E-state index is -0.374. The van der Waals surface area contributed by atoms with E-state index in [1.54, 1.807) is 24.0 Å². The van der Waals surface area contributed by atoms with Crippen molar-refractivity contribution in [3.63, 3.8) is 0 Å². The fourth-order valence-electron chi connectivity index (χ4n) is 2.74. The van der Waals surface area contributed by atoms with Crippen molar-refractivity contribution in [2.45, 2.75) is 13.8 Å². The van der Waals surface area contributed by atoms with Gasteiger partial charge in [0.05, 0.1) is 0 Å². The van der Waals surface area contributed by atoms with E-state index in [9.17, 15) is 14.0 Å². The molecule has 0 bridgehead atoms. The Morgan fingerprint density at radius 3 is 2.52 bits per heavy atom. The van der Waals surface area contributed by atoms with E-state index in [-0.39, 0.29) is 24.3 Å². The van der Waals surface area contributed by atoms with E-state index in [1.807, 2.05) is 31.2 Å². The molecule has 0 unspecified atom stereocenters. The second-order valence-corrected chi connectivity index (χ2v) is 6.20. The first-order valence-electron chi connectivity index (χ1n) is 8.13. The van der Waals surface area contributed by atoms with E-state index >= 15 is 0 Å². The number of carbonyl (C=O) groups excluding carboxylic acids is 2. The van der Waals surface area contributed by atoms with Gasteiger partial charge in [-0.25, -0.2) is 9.18 Å². The third-order valence-corrected chi connectivity index (χ3v) is 4.23. The van der Waals surface area contributed by atoms with Crippen molar-refractivity contribution in [3.05, 3.63) is 59.4 Å². The Morgan fingerprint density at radius 1 is 1.12 bits per heavy atom. The smallest absolute Gasteiger partial charge is 0.324 e. The number of aryl methyl sites for hydroxylation is 2. The van der Waals surface area contributed by atoms with Gasteiger partial charge in [0.15, 0.2) is 0 Å².